The highest BCUT2D eigenvalue weighted by atomic mass is 79.9. The van der Waals surface area contributed by atoms with E-state index in [0.29, 0.717) is 23.2 Å². The molecule has 0 saturated heterocycles. The average Bonchev–Trinajstić information content (AvgIpc) is 2.48. The molecular formula is C16H14BrF2NO2. The SMILES string of the molecule is O=C(COc1ccc(F)cc1Br)NCCc1ccc(F)cc1. The van der Waals surface area contributed by atoms with E-state index in [-0.39, 0.29) is 24.1 Å². The zero-order chi connectivity index (χ0) is 15.9. The molecule has 0 spiro atoms. The molecule has 6 heteroatoms. The number of ether oxygens (including phenoxy) is 1. The smallest absolute Gasteiger partial charge is 0.257 e. The number of rotatable bonds is 6. The van der Waals surface area contributed by atoms with Crippen LogP contribution in [0, 0.1) is 11.6 Å². The Bertz CT molecular complexity index is 647. The van der Waals surface area contributed by atoms with Crippen molar-refractivity contribution in [3.63, 3.8) is 0 Å². The summed E-state index contributed by atoms with van der Waals surface area (Å²) in [6.07, 6.45) is 0.603. The second kappa shape index (κ2) is 7.89. The molecule has 1 N–H and O–H groups in total. The van der Waals surface area contributed by atoms with E-state index in [4.69, 9.17) is 4.74 Å². The van der Waals surface area contributed by atoms with Crippen molar-refractivity contribution >= 4 is 21.8 Å². The molecule has 0 atom stereocenters. The summed E-state index contributed by atoms with van der Waals surface area (Å²) in [5.41, 5.74) is 0.934. The van der Waals surface area contributed by atoms with E-state index in [1.54, 1.807) is 12.1 Å². The van der Waals surface area contributed by atoms with Crippen LogP contribution in [0.2, 0.25) is 0 Å². The third-order valence-electron chi connectivity index (χ3n) is 2.90. The highest BCUT2D eigenvalue weighted by Crippen LogP contribution is 2.25. The van der Waals surface area contributed by atoms with Crippen LogP contribution in [-0.2, 0) is 11.2 Å². The van der Waals surface area contributed by atoms with Crippen molar-refractivity contribution in [2.75, 3.05) is 13.2 Å². The zero-order valence-electron chi connectivity index (χ0n) is 11.6. The van der Waals surface area contributed by atoms with Crippen LogP contribution in [0.25, 0.3) is 0 Å². The summed E-state index contributed by atoms with van der Waals surface area (Å²) in [5, 5.41) is 2.70. The molecule has 0 unspecified atom stereocenters. The fraction of sp³-hybridized carbons (Fsp3) is 0.188. The van der Waals surface area contributed by atoms with Crippen LogP contribution in [0.5, 0.6) is 5.75 Å². The standard InChI is InChI=1S/C16H14BrF2NO2/c17-14-9-13(19)5-6-15(14)22-10-16(21)20-8-7-11-1-3-12(18)4-2-11/h1-6,9H,7-8,10H2,(H,20,21). The lowest BCUT2D eigenvalue weighted by atomic mass is 10.1. The van der Waals surface area contributed by atoms with Gasteiger partial charge in [-0.2, -0.15) is 0 Å². The van der Waals surface area contributed by atoms with Crippen LogP contribution < -0.4 is 10.1 Å². The number of hydrogen-bond acceptors (Lipinski definition) is 2. The topological polar surface area (TPSA) is 38.3 Å². The van der Waals surface area contributed by atoms with E-state index in [1.807, 2.05) is 0 Å². The normalized spacial score (nSPS) is 10.3. The molecule has 22 heavy (non-hydrogen) atoms. The number of nitrogens with one attached hydrogen (secondary N) is 1. The van der Waals surface area contributed by atoms with Crippen LogP contribution in [0.15, 0.2) is 46.9 Å². The molecule has 0 aliphatic heterocycles. The zero-order valence-corrected chi connectivity index (χ0v) is 13.2. The van der Waals surface area contributed by atoms with Gasteiger partial charge in [0.05, 0.1) is 4.47 Å². The fourth-order valence-corrected chi connectivity index (χ4v) is 2.25. The molecule has 0 aromatic heterocycles. The molecule has 0 heterocycles. The monoisotopic (exact) mass is 369 g/mol. The molecule has 1 amide bonds. The molecule has 0 saturated carbocycles. The molecule has 116 valence electrons. The highest BCUT2D eigenvalue weighted by Gasteiger charge is 2.06. The quantitative estimate of drug-likeness (QED) is 0.846. The molecule has 0 fully saturated rings. The van der Waals surface area contributed by atoms with Crippen LogP contribution in [-0.4, -0.2) is 19.1 Å². The van der Waals surface area contributed by atoms with E-state index < -0.39 is 0 Å². The summed E-state index contributed by atoms with van der Waals surface area (Å²) in [6, 6.07) is 10.1. The molecule has 2 aromatic rings. The van der Waals surface area contributed by atoms with Gasteiger partial charge in [0.1, 0.15) is 17.4 Å². The van der Waals surface area contributed by atoms with Crippen molar-refractivity contribution in [2.24, 2.45) is 0 Å². The van der Waals surface area contributed by atoms with Crippen LogP contribution in [0.4, 0.5) is 8.78 Å². The van der Waals surface area contributed by atoms with Gasteiger partial charge in [-0.15, -0.1) is 0 Å². The summed E-state index contributed by atoms with van der Waals surface area (Å²) in [5.74, 6) is -0.553. The van der Waals surface area contributed by atoms with Crippen LogP contribution in [0.3, 0.4) is 0 Å². The maximum absolute atomic E-state index is 12.9. The second-order valence-electron chi connectivity index (χ2n) is 4.59. The van der Waals surface area contributed by atoms with Crippen LogP contribution in [0.1, 0.15) is 5.56 Å². The number of hydrogen-bond donors (Lipinski definition) is 1. The summed E-state index contributed by atoms with van der Waals surface area (Å²) >= 11 is 3.16. The Morgan fingerprint density at radius 2 is 1.77 bits per heavy atom. The van der Waals surface area contributed by atoms with Crippen molar-refractivity contribution in [3.8, 4) is 5.75 Å². The van der Waals surface area contributed by atoms with Gasteiger partial charge in [-0.25, -0.2) is 8.78 Å². The Kier molecular flexibility index (Phi) is 5.89. The molecule has 0 aliphatic carbocycles. The van der Waals surface area contributed by atoms with Crippen molar-refractivity contribution in [2.45, 2.75) is 6.42 Å². The minimum atomic E-state index is -0.386. The van der Waals surface area contributed by atoms with Crippen molar-refractivity contribution in [1.82, 2.24) is 5.32 Å². The van der Waals surface area contributed by atoms with E-state index >= 15 is 0 Å². The first kappa shape index (κ1) is 16.4. The lowest BCUT2D eigenvalue weighted by Crippen LogP contribution is -2.30. The summed E-state index contributed by atoms with van der Waals surface area (Å²) in [7, 11) is 0. The lowest BCUT2D eigenvalue weighted by Gasteiger charge is -2.09. The number of carbonyl (C=O) groups is 1. The van der Waals surface area contributed by atoms with Gasteiger partial charge >= 0.3 is 0 Å². The first-order valence-corrected chi connectivity index (χ1v) is 7.43. The van der Waals surface area contributed by atoms with Crippen molar-refractivity contribution in [1.29, 1.82) is 0 Å². The number of carbonyl (C=O) groups excluding carboxylic acids is 1. The van der Waals surface area contributed by atoms with Gasteiger partial charge in [-0.05, 0) is 58.2 Å². The van der Waals surface area contributed by atoms with Gasteiger partial charge in [0.2, 0.25) is 0 Å². The predicted molar refractivity (Wildman–Crippen MR) is 82.7 cm³/mol. The van der Waals surface area contributed by atoms with Crippen molar-refractivity contribution in [3.05, 3.63) is 64.1 Å². The number of benzene rings is 2. The third-order valence-corrected chi connectivity index (χ3v) is 3.52. The minimum Gasteiger partial charge on any atom is -0.483 e. The first-order valence-electron chi connectivity index (χ1n) is 6.63. The largest absolute Gasteiger partial charge is 0.483 e. The Morgan fingerprint density at radius 1 is 1.09 bits per heavy atom. The van der Waals surface area contributed by atoms with Gasteiger partial charge < -0.3 is 10.1 Å². The molecule has 3 nitrogen and oxygen atoms in total. The highest BCUT2D eigenvalue weighted by molar-refractivity contribution is 9.10. The maximum Gasteiger partial charge on any atom is 0.257 e. The van der Waals surface area contributed by atoms with Crippen LogP contribution >= 0.6 is 15.9 Å². The Balaban J connectivity index is 1.72. The third kappa shape index (κ3) is 5.11. The minimum absolute atomic E-state index is 0.159. The summed E-state index contributed by atoms with van der Waals surface area (Å²) in [4.78, 5) is 11.7. The molecular weight excluding hydrogens is 356 g/mol. The van der Waals surface area contributed by atoms with Gasteiger partial charge in [0, 0.05) is 6.54 Å². The van der Waals surface area contributed by atoms with Gasteiger partial charge in [-0.1, -0.05) is 12.1 Å². The van der Waals surface area contributed by atoms with Crippen molar-refractivity contribution < 1.29 is 18.3 Å². The van der Waals surface area contributed by atoms with Gasteiger partial charge in [-0.3, -0.25) is 4.79 Å². The Morgan fingerprint density at radius 3 is 2.45 bits per heavy atom. The second-order valence-corrected chi connectivity index (χ2v) is 5.44. The average molecular weight is 370 g/mol. The molecule has 2 rings (SSSR count). The molecule has 2 aromatic carbocycles. The van der Waals surface area contributed by atoms with E-state index in [9.17, 15) is 13.6 Å². The van der Waals surface area contributed by atoms with Gasteiger partial charge in [0.15, 0.2) is 6.61 Å². The molecule has 0 bridgehead atoms. The van der Waals surface area contributed by atoms with E-state index in [2.05, 4.69) is 21.2 Å². The number of amides is 1. The van der Waals surface area contributed by atoms with Gasteiger partial charge in [0.25, 0.3) is 5.91 Å². The fourth-order valence-electron chi connectivity index (χ4n) is 1.78. The van der Waals surface area contributed by atoms with E-state index in [0.717, 1.165) is 5.56 Å². The first-order chi connectivity index (χ1) is 10.5. The summed E-state index contributed by atoms with van der Waals surface area (Å²) in [6.45, 7) is 0.270. The van der Waals surface area contributed by atoms with E-state index in [1.165, 1.54) is 30.3 Å². The predicted octanol–water partition coefficient (Wildman–Crippen LogP) is 3.47. The number of halogens is 3. The molecule has 0 radical (unpaired) electrons. The molecule has 0 aliphatic rings. The Labute approximate surface area is 135 Å². The Hall–Kier alpha value is -1.95. The summed E-state index contributed by atoms with van der Waals surface area (Å²) < 4.78 is 31.4. The lowest BCUT2D eigenvalue weighted by molar-refractivity contribution is -0.123. The maximum atomic E-state index is 12.9.